The minimum atomic E-state index is -0.198. The van der Waals surface area contributed by atoms with Crippen LogP contribution in [0.15, 0.2) is 60.3 Å². The van der Waals surface area contributed by atoms with Crippen LogP contribution in [0.1, 0.15) is 23.2 Å². The van der Waals surface area contributed by atoms with Crippen molar-refractivity contribution < 1.29 is 4.79 Å². The monoisotopic (exact) mass is 459 g/mol. The Labute approximate surface area is 196 Å². The Hall–Kier alpha value is -3.30. The Morgan fingerprint density at radius 2 is 1.85 bits per heavy atom. The molecule has 1 fully saturated rings. The molecule has 8 nitrogen and oxygen atoms in total. The maximum Gasteiger partial charge on any atom is 0.256 e. The normalized spacial score (nSPS) is 15.1. The van der Waals surface area contributed by atoms with Crippen molar-refractivity contribution in [2.75, 3.05) is 25.5 Å². The molecule has 0 unspecified atom stereocenters. The first kappa shape index (κ1) is 21.5. The number of likely N-dealkylation sites (tertiary alicyclic amines) is 1. The van der Waals surface area contributed by atoms with E-state index in [-0.39, 0.29) is 5.91 Å². The van der Waals surface area contributed by atoms with Gasteiger partial charge in [-0.3, -0.25) is 14.5 Å². The van der Waals surface area contributed by atoms with Gasteiger partial charge < -0.3 is 10.2 Å². The number of aromatic nitrogens is 5. The van der Waals surface area contributed by atoms with E-state index in [4.69, 9.17) is 0 Å². The van der Waals surface area contributed by atoms with Gasteiger partial charge in [0.15, 0.2) is 0 Å². The van der Waals surface area contributed by atoms with Crippen molar-refractivity contribution in [3.8, 4) is 11.3 Å². The number of pyridine rings is 3. The molecule has 0 atom stereocenters. The minimum Gasteiger partial charge on any atom is -0.307 e. The second kappa shape index (κ2) is 9.29. The second-order valence-electron chi connectivity index (χ2n) is 8.35. The van der Waals surface area contributed by atoms with Gasteiger partial charge in [-0.05, 0) is 62.6 Å². The van der Waals surface area contributed by atoms with Crippen molar-refractivity contribution in [1.82, 2.24) is 29.6 Å². The highest BCUT2D eigenvalue weighted by Crippen LogP contribution is 2.29. The number of nitrogens with one attached hydrogen (secondary N) is 1. The van der Waals surface area contributed by atoms with Gasteiger partial charge in [0.25, 0.3) is 5.91 Å². The van der Waals surface area contributed by atoms with Gasteiger partial charge in [0.1, 0.15) is 5.82 Å². The number of carbonyl (C=O) groups excluding carboxylic acids is 1. The molecule has 0 aliphatic carbocycles. The lowest BCUT2D eigenvalue weighted by Crippen LogP contribution is -2.31. The van der Waals surface area contributed by atoms with E-state index in [0.29, 0.717) is 16.6 Å². The summed E-state index contributed by atoms with van der Waals surface area (Å²) >= 11 is 1.76. The van der Waals surface area contributed by atoms with Crippen LogP contribution in [-0.4, -0.2) is 60.9 Å². The molecule has 0 saturated carbocycles. The number of aryl methyl sites for hydroxylation is 1. The van der Waals surface area contributed by atoms with Crippen LogP contribution in [0.4, 0.5) is 5.82 Å². The number of hydrogen-bond donors (Lipinski definition) is 1. The summed E-state index contributed by atoms with van der Waals surface area (Å²) in [4.78, 5) is 28.6. The Morgan fingerprint density at radius 1 is 1.03 bits per heavy atom. The number of thioether (sulfide) groups is 1. The van der Waals surface area contributed by atoms with Crippen molar-refractivity contribution in [1.29, 1.82) is 0 Å². The summed E-state index contributed by atoms with van der Waals surface area (Å²) in [5.41, 5.74) is 2.34. The molecular weight excluding hydrogens is 434 g/mol. The third-order valence-corrected chi connectivity index (χ3v) is 7.06. The Kier molecular flexibility index (Phi) is 6.06. The van der Waals surface area contributed by atoms with Gasteiger partial charge in [0.2, 0.25) is 0 Å². The number of nitrogens with zero attached hydrogens (tertiary/aromatic N) is 6. The van der Waals surface area contributed by atoms with Gasteiger partial charge in [-0.15, -0.1) is 11.8 Å². The van der Waals surface area contributed by atoms with Crippen molar-refractivity contribution in [2.24, 2.45) is 7.05 Å². The zero-order valence-electron chi connectivity index (χ0n) is 18.6. The highest BCUT2D eigenvalue weighted by atomic mass is 32.2. The molecule has 1 amide bonds. The molecule has 0 bridgehead atoms. The van der Waals surface area contributed by atoms with E-state index >= 15 is 0 Å². The number of carbonyl (C=O) groups is 1. The molecule has 5 rings (SSSR count). The molecule has 0 aromatic carbocycles. The Morgan fingerprint density at radius 3 is 2.64 bits per heavy atom. The lowest BCUT2D eigenvalue weighted by molar-refractivity contribution is 0.102. The van der Waals surface area contributed by atoms with Crippen LogP contribution < -0.4 is 5.32 Å². The summed E-state index contributed by atoms with van der Waals surface area (Å²) in [7, 11) is 4.03. The van der Waals surface area contributed by atoms with E-state index in [1.807, 2.05) is 31.4 Å². The molecule has 33 heavy (non-hydrogen) atoms. The molecule has 0 spiro atoms. The average Bonchev–Trinajstić information content (AvgIpc) is 3.26. The van der Waals surface area contributed by atoms with Crippen molar-refractivity contribution in [3.05, 3.63) is 60.8 Å². The average molecular weight is 460 g/mol. The first-order valence-corrected chi connectivity index (χ1v) is 11.8. The molecule has 0 radical (unpaired) electrons. The fraction of sp³-hybridized carbons (Fsp3) is 0.292. The zero-order chi connectivity index (χ0) is 22.8. The van der Waals surface area contributed by atoms with Crippen LogP contribution in [0, 0.1) is 0 Å². The standard InChI is InChI=1S/C24H25N7OS/c1-30-7-4-20(5-8-30)33-23-11-16(3-6-25-23)24(32)29-22-10-17-9-21(19-14-28-31(2)15-19)26-12-18(17)13-27-22/h3,6,9-15,20H,4-5,7-8H2,1-2H3,(H,27,29,32). The molecule has 168 valence electrons. The number of piperidine rings is 1. The summed E-state index contributed by atoms with van der Waals surface area (Å²) < 4.78 is 1.74. The van der Waals surface area contributed by atoms with Crippen molar-refractivity contribution in [2.45, 2.75) is 23.1 Å². The third-order valence-electron chi connectivity index (χ3n) is 5.80. The zero-order valence-corrected chi connectivity index (χ0v) is 19.4. The van der Waals surface area contributed by atoms with Crippen LogP contribution in [0.5, 0.6) is 0 Å². The quantitative estimate of drug-likeness (QED) is 0.485. The number of hydrogen-bond acceptors (Lipinski definition) is 7. The first-order chi connectivity index (χ1) is 16.0. The maximum absolute atomic E-state index is 12.9. The molecule has 5 heterocycles. The van der Waals surface area contributed by atoms with E-state index in [1.54, 1.807) is 47.3 Å². The van der Waals surface area contributed by atoms with Gasteiger partial charge in [-0.1, -0.05) is 0 Å². The van der Waals surface area contributed by atoms with Crippen LogP contribution in [0.3, 0.4) is 0 Å². The highest BCUT2D eigenvalue weighted by Gasteiger charge is 2.19. The molecule has 1 aliphatic rings. The lowest BCUT2D eigenvalue weighted by atomic mass is 10.1. The molecule has 4 aromatic heterocycles. The SMILES string of the molecule is CN1CCC(Sc2cc(C(=O)Nc3cc4cc(-c5cnn(C)c5)ncc4cn3)ccn2)CC1. The second-order valence-corrected chi connectivity index (χ2v) is 9.67. The number of rotatable bonds is 5. The van der Waals surface area contributed by atoms with Gasteiger partial charge >= 0.3 is 0 Å². The summed E-state index contributed by atoms with van der Waals surface area (Å²) in [5.74, 6) is 0.299. The fourth-order valence-corrected chi connectivity index (χ4v) is 5.00. The fourth-order valence-electron chi connectivity index (χ4n) is 3.89. The molecule has 9 heteroatoms. The molecule has 1 saturated heterocycles. The predicted molar refractivity (Wildman–Crippen MR) is 130 cm³/mol. The largest absolute Gasteiger partial charge is 0.307 e. The van der Waals surface area contributed by atoms with Gasteiger partial charge in [-0.25, -0.2) is 9.97 Å². The molecule has 1 N–H and O–H groups in total. The molecular formula is C24H25N7OS. The first-order valence-electron chi connectivity index (χ1n) is 10.9. The van der Waals surface area contributed by atoms with Crippen LogP contribution >= 0.6 is 11.8 Å². The van der Waals surface area contributed by atoms with E-state index in [0.717, 1.165) is 53.0 Å². The summed E-state index contributed by atoms with van der Waals surface area (Å²) in [6.45, 7) is 2.20. The summed E-state index contributed by atoms with van der Waals surface area (Å²) in [6.07, 6.45) is 11.2. The topological polar surface area (TPSA) is 88.8 Å². The number of amides is 1. The Balaban J connectivity index is 1.31. The van der Waals surface area contributed by atoms with Crippen molar-refractivity contribution in [3.63, 3.8) is 0 Å². The molecule has 4 aromatic rings. The maximum atomic E-state index is 12.9. The van der Waals surface area contributed by atoms with Crippen LogP contribution in [-0.2, 0) is 7.05 Å². The minimum absolute atomic E-state index is 0.198. The molecule has 1 aliphatic heterocycles. The van der Waals surface area contributed by atoms with E-state index < -0.39 is 0 Å². The third kappa shape index (κ3) is 5.04. The smallest absolute Gasteiger partial charge is 0.256 e. The van der Waals surface area contributed by atoms with Gasteiger partial charge in [0.05, 0.1) is 16.9 Å². The van der Waals surface area contributed by atoms with Crippen molar-refractivity contribution >= 4 is 34.3 Å². The predicted octanol–water partition coefficient (Wildman–Crippen LogP) is 3.86. The van der Waals surface area contributed by atoms with Crippen LogP contribution in [0.25, 0.3) is 22.0 Å². The lowest BCUT2D eigenvalue weighted by Gasteiger charge is -2.28. The number of fused-ring (bicyclic) bond motifs is 1. The van der Waals surface area contributed by atoms with Crippen LogP contribution in [0.2, 0.25) is 0 Å². The highest BCUT2D eigenvalue weighted by molar-refractivity contribution is 7.99. The Bertz CT molecular complexity index is 1300. The van der Waals surface area contributed by atoms with Gasteiger partial charge in [-0.2, -0.15) is 5.10 Å². The summed E-state index contributed by atoms with van der Waals surface area (Å²) in [6, 6.07) is 7.44. The van der Waals surface area contributed by atoms with E-state index in [2.05, 4.69) is 37.3 Å². The van der Waals surface area contributed by atoms with E-state index in [9.17, 15) is 4.79 Å². The van der Waals surface area contributed by atoms with Gasteiger partial charge in [0, 0.05) is 53.6 Å². The summed E-state index contributed by atoms with van der Waals surface area (Å²) in [5, 5.41) is 10.4. The number of anilines is 1. The van der Waals surface area contributed by atoms with E-state index in [1.165, 1.54) is 0 Å².